The van der Waals surface area contributed by atoms with E-state index in [1.807, 2.05) is 0 Å². The highest BCUT2D eigenvalue weighted by Crippen LogP contribution is 2.25. The van der Waals surface area contributed by atoms with Crippen LogP contribution in [0.5, 0.6) is 0 Å². The first-order valence-corrected chi connectivity index (χ1v) is 5.26. The van der Waals surface area contributed by atoms with Crippen molar-refractivity contribution in [1.82, 2.24) is 9.80 Å². The highest BCUT2D eigenvalue weighted by molar-refractivity contribution is 6.62. The minimum Gasteiger partial charge on any atom is -0.324 e. The predicted octanol–water partition coefficient (Wildman–Crippen LogP) is 1.51. The van der Waals surface area contributed by atoms with Crippen LogP contribution in [-0.2, 0) is 0 Å². The summed E-state index contributed by atoms with van der Waals surface area (Å²) < 4.78 is 0. The molecule has 2 atom stereocenters. The molecule has 2 heterocycles. The van der Waals surface area contributed by atoms with Gasteiger partial charge in [-0.15, -0.1) is 0 Å². The summed E-state index contributed by atoms with van der Waals surface area (Å²) in [5.41, 5.74) is 0. The average molecular weight is 203 g/mol. The van der Waals surface area contributed by atoms with Gasteiger partial charge in [-0.2, -0.15) is 0 Å². The molecule has 0 N–H and O–H groups in total. The zero-order valence-electron chi connectivity index (χ0n) is 7.87. The normalized spacial score (nSPS) is 34.8. The van der Waals surface area contributed by atoms with E-state index in [4.69, 9.17) is 11.6 Å². The van der Waals surface area contributed by atoms with Gasteiger partial charge in [-0.3, -0.25) is 9.69 Å². The van der Waals surface area contributed by atoms with Crippen molar-refractivity contribution in [3.8, 4) is 0 Å². The smallest absolute Gasteiger partial charge is 0.316 e. The van der Waals surface area contributed by atoms with Crippen molar-refractivity contribution >= 4 is 17.0 Å². The maximum atomic E-state index is 11.1. The number of nitrogens with zero attached hydrogens (tertiary/aromatic N) is 2. The lowest BCUT2D eigenvalue weighted by molar-refractivity contribution is 0.0905. The van der Waals surface area contributed by atoms with Gasteiger partial charge in [0.15, 0.2) is 0 Å². The number of piperazine rings is 1. The summed E-state index contributed by atoms with van der Waals surface area (Å²) >= 11 is 5.51. The first kappa shape index (κ1) is 9.28. The predicted molar refractivity (Wildman–Crippen MR) is 52.0 cm³/mol. The SMILES string of the molecule is C[C@H]1CN2CCC[C@H]2CN1C(=O)Cl. The summed E-state index contributed by atoms with van der Waals surface area (Å²) in [5.74, 6) is 0. The molecule has 2 aliphatic heterocycles. The topological polar surface area (TPSA) is 23.6 Å². The van der Waals surface area contributed by atoms with E-state index in [-0.39, 0.29) is 11.4 Å². The van der Waals surface area contributed by atoms with Crippen LogP contribution in [0, 0.1) is 0 Å². The van der Waals surface area contributed by atoms with Gasteiger partial charge in [-0.05, 0) is 37.9 Å². The van der Waals surface area contributed by atoms with E-state index in [0.29, 0.717) is 6.04 Å². The van der Waals surface area contributed by atoms with E-state index in [9.17, 15) is 4.79 Å². The first-order chi connectivity index (χ1) is 6.18. The van der Waals surface area contributed by atoms with Crippen molar-refractivity contribution in [3.05, 3.63) is 0 Å². The Morgan fingerprint density at radius 2 is 2.23 bits per heavy atom. The second kappa shape index (κ2) is 3.46. The molecule has 0 unspecified atom stereocenters. The summed E-state index contributed by atoms with van der Waals surface area (Å²) in [6.07, 6.45) is 2.48. The number of carbonyl (C=O) groups excluding carboxylic acids is 1. The number of rotatable bonds is 0. The summed E-state index contributed by atoms with van der Waals surface area (Å²) in [4.78, 5) is 15.3. The minimum atomic E-state index is -0.293. The molecule has 2 saturated heterocycles. The zero-order chi connectivity index (χ0) is 9.42. The number of hydrogen-bond donors (Lipinski definition) is 0. The fraction of sp³-hybridized carbons (Fsp3) is 0.889. The van der Waals surface area contributed by atoms with Crippen molar-refractivity contribution in [3.63, 3.8) is 0 Å². The summed E-state index contributed by atoms with van der Waals surface area (Å²) in [6.45, 7) is 5.07. The lowest BCUT2D eigenvalue weighted by atomic mass is 10.1. The molecule has 0 radical (unpaired) electrons. The molecule has 0 aromatic carbocycles. The van der Waals surface area contributed by atoms with Gasteiger partial charge in [0.1, 0.15) is 0 Å². The highest BCUT2D eigenvalue weighted by atomic mass is 35.5. The van der Waals surface area contributed by atoms with Gasteiger partial charge < -0.3 is 4.90 Å². The standard InChI is InChI=1S/C9H15ClN2O/c1-7-5-11-4-2-3-8(11)6-12(7)9(10)13/h7-8H,2-6H2,1H3/t7-,8-/m0/s1. The molecule has 0 aromatic heterocycles. The van der Waals surface area contributed by atoms with Crippen LogP contribution in [0.25, 0.3) is 0 Å². The van der Waals surface area contributed by atoms with Gasteiger partial charge in [0, 0.05) is 25.2 Å². The van der Waals surface area contributed by atoms with Gasteiger partial charge in [0.05, 0.1) is 0 Å². The molecule has 74 valence electrons. The Labute approximate surface area is 83.6 Å². The van der Waals surface area contributed by atoms with Crippen LogP contribution in [0.2, 0.25) is 0 Å². The van der Waals surface area contributed by atoms with E-state index in [0.717, 1.165) is 13.1 Å². The molecule has 4 heteroatoms. The van der Waals surface area contributed by atoms with Crippen LogP contribution in [0.15, 0.2) is 0 Å². The quantitative estimate of drug-likeness (QED) is 0.439. The number of halogens is 1. The van der Waals surface area contributed by atoms with Crippen LogP contribution in [0.4, 0.5) is 4.79 Å². The Hall–Kier alpha value is -0.280. The van der Waals surface area contributed by atoms with Crippen molar-refractivity contribution in [2.45, 2.75) is 31.8 Å². The van der Waals surface area contributed by atoms with Crippen molar-refractivity contribution < 1.29 is 4.79 Å². The van der Waals surface area contributed by atoms with Crippen LogP contribution >= 0.6 is 11.6 Å². The molecule has 13 heavy (non-hydrogen) atoms. The van der Waals surface area contributed by atoms with Crippen LogP contribution in [0.3, 0.4) is 0 Å². The average Bonchev–Trinajstić information content (AvgIpc) is 2.48. The molecule has 3 nitrogen and oxygen atoms in total. The minimum absolute atomic E-state index is 0.277. The molecule has 2 rings (SSSR count). The first-order valence-electron chi connectivity index (χ1n) is 4.88. The van der Waals surface area contributed by atoms with E-state index >= 15 is 0 Å². The Morgan fingerprint density at radius 3 is 2.92 bits per heavy atom. The maximum absolute atomic E-state index is 11.1. The van der Waals surface area contributed by atoms with E-state index in [1.54, 1.807) is 4.90 Å². The third kappa shape index (κ3) is 1.67. The van der Waals surface area contributed by atoms with Crippen molar-refractivity contribution in [2.75, 3.05) is 19.6 Å². The van der Waals surface area contributed by atoms with Gasteiger partial charge in [-0.25, -0.2) is 0 Å². The van der Waals surface area contributed by atoms with Gasteiger partial charge in [0.2, 0.25) is 0 Å². The Bertz CT molecular complexity index is 222. The zero-order valence-corrected chi connectivity index (χ0v) is 8.63. The van der Waals surface area contributed by atoms with Crippen LogP contribution in [0.1, 0.15) is 19.8 Å². The second-order valence-electron chi connectivity index (χ2n) is 4.05. The lowest BCUT2D eigenvalue weighted by Gasteiger charge is -2.41. The van der Waals surface area contributed by atoms with Crippen molar-refractivity contribution in [2.24, 2.45) is 0 Å². The molecule has 0 saturated carbocycles. The summed E-state index contributed by atoms with van der Waals surface area (Å²) in [7, 11) is 0. The fourth-order valence-corrected chi connectivity index (χ4v) is 2.67. The molecular formula is C9H15ClN2O. The number of carbonyl (C=O) groups is 1. The maximum Gasteiger partial charge on any atom is 0.316 e. The van der Waals surface area contributed by atoms with Gasteiger partial charge in [0.25, 0.3) is 0 Å². The third-order valence-electron chi connectivity index (χ3n) is 3.16. The molecule has 0 bridgehead atoms. The summed E-state index contributed by atoms with van der Waals surface area (Å²) in [5, 5.41) is -0.293. The van der Waals surface area contributed by atoms with Gasteiger partial charge >= 0.3 is 5.37 Å². The Morgan fingerprint density at radius 1 is 1.46 bits per heavy atom. The molecule has 0 aromatic rings. The number of fused-ring (bicyclic) bond motifs is 1. The Balaban J connectivity index is 2.05. The van der Waals surface area contributed by atoms with Crippen LogP contribution < -0.4 is 0 Å². The molecular weight excluding hydrogens is 188 g/mol. The van der Waals surface area contributed by atoms with Gasteiger partial charge in [-0.1, -0.05) is 0 Å². The van der Waals surface area contributed by atoms with E-state index in [2.05, 4.69) is 11.8 Å². The van der Waals surface area contributed by atoms with Crippen LogP contribution in [-0.4, -0.2) is 46.9 Å². The molecule has 1 amide bonds. The molecule has 2 fully saturated rings. The Kier molecular flexibility index (Phi) is 2.47. The van der Waals surface area contributed by atoms with E-state index in [1.165, 1.54) is 19.4 Å². The highest BCUT2D eigenvalue weighted by Gasteiger charge is 2.35. The third-order valence-corrected chi connectivity index (χ3v) is 3.38. The van der Waals surface area contributed by atoms with Crippen molar-refractivity contribution in [1.29, 1.82) is 0 Å². The fourth-order valence-electron chi connectivity index (χ4n) is 2.43. The molecule has 0 aliphatic carbocycles. The van der Waals surface area contributed by atoms with E-state index < -0.39 is 0 Å². The summed E-state index contributed by atoms with van der Waals surface area (Å²) in [6, 6.07) is 0.846. The number of hydrogen-bond acceptors (Lipinski definition) is 2. The lowest BCUT2D eigenvalue weighted by Crippen LogP contribution is -2.55. The molecule has 2 aliphatic rings. The number of amides is 1. The second-order valence-corrected chi connectivity index (χ2v) is 4.37. The monoisotopic (exact) mass is 202 g/mol. The largest absolute Gasteiger partial charge is 0.324 e. The molecule has 0 spiro atoms.